The molecule has 0 aromatic heterocycles. The highest BCUT2D eigenvalue weighted by molar-refractivity contribution is 5.99. The molecule has 2 aromatic carbocycles. The maximum absolute atomic E-state index is 13.5. The van der Waals surface area contributed by atoms with Gasteiger partial charge in [0, 0.05) is 17.4 Å². The van der Waals surface area contributed by atoms with Crippen LogP contribution in [-0.4, -0.2) is 13.1 Å². The number of urea groups is 1. The highest BCUT2D eigenvalue weighted by Gasteiger charge is 2.06. The van der Waals surface area contributed by atoms with E-state index in [0.29, 0.717) is 11.4 Å². The number of nitrogens with one attached hydrogen (secondary N) is 2. The van der Waals surface area contributed by atoms with E-state index in [4.69, 9.17) is 4.74 Å². The van der Waals surface area contributed by atoms with Gasteiger partial charge in [-0.25, -0.2) is 9.18 Å². The average molecular weight is 288 g/mol. The number of halogens is 1. The van der Waals surface area contributed by atoms with Gasteiger partial charge in [-0.2, -0.15) is 0 Å². The molecule has 21 heavy (non-hydrogen) atoms. The van der Waals surface area contributed by atoms with Crippen molar-refractivity contribution in [1.82, 2.24) is 0 Å². The van der Waals surface area contributed by atoms with Crippen LogP contribution >= 0.6 is 0 Å². The fourth-order valence-corrected chi connectivity index (χ4v) is 1.86. The molecule has 2 aromatic rings. The Morgan fingerprint density at radius 1 is 1.10 bits per heavy atom. The molecule has 0 aliphatic heterocycles. The molecule has 0 unspecified atom stereocenters. The molecule has 0 atom stereocenters. The molecule has 0 saturated heterocycles. The smallest absolute Gasteiger partial charge is 0.323 e. The molecule has 0 aliphatic carbocycles. The van der Waals surface area contributed by atoms with Crippen LogP contribution in [0.1, 0.15) is 12.5 Å². The second-order valence-electron chi connectivity index (χ2n) is 4.48. The zero-order chi connectivity index (χ0) is 15.2. The zero-order valence-electron chi connectivity index (χ0n) is 11.9. The highest BCUT2D eigenvalue weighted by atomic mass is 19.1. The quantitative estimate of drug-likeness (QED) is 0.892. The number of carbonyl (C=O) groups is 1. The third-order valence-electron chi connectivity index (χ3n) is 3.03. The van der Waals surface area contributed by atoms with Crippen LogP contribution in [0.2, 0.25) is 0 Å². The third kappa shape index (κ3) is 3.95. The predicted octanol–water partition coefficient (Wildman–Crippen LogP) is 4.04. The molecule has 5 heteroatoms. The SMILES string of the molecule is CCc1ccc(NC(=O)Nc2ccc(OC)c(F)c2)cc1. The number of carbonyl (C=O) groups excluding carboxylic acids is 1. The van der Waals surface area contributed by atoms with Gasteiger partial charge in [0.2, 0.25) is 0 Å². The van der Waals surface area contributed by atoms with Gasteiger partial charge in [0.25, 0.3) is 0 Å². The van der Waals surface area contributed by atoms with E-state index < -0.39 is 11.8 Å². The van der Waals surface area contributed by atoms with E-state index in [-0.39, 0.29) is 5.75 Å². The van der Waals surface area contributed by atoms with E-state index in [1.807, 2.05) is 24.3 Å². The van der Waals surface area contributed by atoms with Crippen molar-refractivity contribution in [2.24, 2.45) is 0 Å². The monoisotopic (exact) mass is 288 g/mol. The average Bonchev–Trinajstić information content (AvgIpc) is 2.48. The van der Waals surface area contributed by atoms with Gasteiger partial charge in [0.1, 0.15) is 0 Å². The minimum Gasteiger partial charge on any atom is -0.494 e. The molecule has 4 nitrogen and oxygen atoms in total. The number of rotatable bonds is 4. The Hall–Kier alpha value is -2.56. The molecule has 0 heterocycles. The standard InChI is InChI=1S/C16H17FN2O2/c1-3-11-4-6-12(7-5-11)18-16(20)19-13-8-9-15(21-2)14(17)10-13/h4-10H,3H2,1-2H3,(H2,18,19,20). The van der Waals surface area contributed by atoms with Gasteiger partial charge >= 0.3 is 6.03 Å². The molecule has 0 spiro atoms. The molecule has 0 aliphatic rings. The van der Waals surface area contributed by atoms with Gasteiger partial charge in [-0.05, 0) is 36.2 Å². The highest BCUT2D eigenvalue weighted by Crippen LogP contribution is 2.20. The number of aryl methyl sites for hydroxylation is 1. The topological polar surface area (TPSA) is 50.4 Å². The maximum Gasteiger partial charge on any atom is 0.323 e. The van der Waals surface area contributed by atoms with Crippen LogP contribution in [0.5, 0.6) is 5.75 Å². The summed E-state index contributed by atoms with van der Waals surface area (Å²) < 4.78 is 18.3. The first-order valence-corrected chi connectivity index (χ1v) is 6.63. The van der Waals surface area contributed by atoms with Crippen LogP contribution in [0, 0.1) is 5.82 Å². The van der Waals surface area contributed by atoms with Crippen molar-refractivity contribution < 1.29 is 13.9 Å². The normalized spacial score (nSPS) is 10.0. The van der Waals surface area contributed by atoms with E-state index in [0.717, 1.165) is 6.42 Å². The molecular weight excluding hydrogens is 271 g/mol. The van der Waals surface area contributed by atoms with Gasteiger partial charge in [0.15, 0.2) is 11.6 Å². The minimum absolute atomic E-state index is 0.135. The molecule has 0 radical (unpaired) electrons. The first kappa shape index (κ1) is 14.8. The maximum atomic E-state index is 13.5. The molecule has 2 amide bonds. The molecule has 0 saturated carbocycles. The summed E-state index contributed by atoms with van der Waals surface area (Å²) in [6.45, 7) is 2.06. The molecule has 0 bridgehead atoms. The van der Waals surface area contributed by atoms with Crippen LogP contribution < -0.4 is 15.4 Å². The summed E-state index contributed by atoms with van der Waals surface area (Å²) in [5.41, 5.74) is 2.23. The number of amides is 2. The Labute approximate surface area is 122 Å². The molecule has 0 fully saturated rings. The Balaban J connectivity index is 1.99. The molecule has 110 valence electrons. The summed E-state index contributed by atoms with van der Waals surface area (Å²) in [4.78, 5) is 11.8. The molecular formula is C16H17FN2O2. The number of ether oxygens (including phenoxy) is 1. The second kappa shape index (κ2) is 6.74. The fraction of sp³-hybridized carbons (Fsp3) is 0.188. The van der Waals surface area contributed by atoms with Crippen LogP contribution in [0.3, 0.4) is 0 Å². The van der Waals surface area contributed by atoms with Crippen LogP contribution in [0.4, 0.5) is 20.6 Å². The van der Waals surface area contributed by atoms with Crippen molar-refractivity contribution in [1.29, 1.82) is 0 Å². The Morgan fingerprint density at radius 3 is 2.29 bits per heavy atom. The van der Waals surface area contributed by atoms with E-state index in [9.17, 15) is 9.18 Å². The molecule has 2 rings (SSSR count). The number of hydrogen-bond donors (Lipinski definition) is 2. The van der Waals surface area contributed by atoms with E-state index in [1.165, 1.54) is 24.8 Å². The van der Waals surface area contributed by atoms with Crippen molar-refractivity contribution in [3.63, 3.8) is 0 Å². The molecule has 2 N–H and O–H groups in total. The predicted molar refractivity (Wildman–Crippen MR) is 81.4 cm³/mol. The largest absolute Gasteiger partial charge is 0.494 e. The van der Waals surface area contributed by atoms with Crippen molar-refractivity contribution in [2.45, 2.75) is 13.3 Å². The summed E-state index contributed by atoms with van der Waals surface area (Å²) in [5.74, 6) is -0.390. The number of hydrogen-bond acceptors (Lipinski definition) is 2. The minimum atomic E-state index is -0.525. The van der Waals surface area contributed by atoms with Gasteiger partial charge in [-0.1, -0.05) is 19.1 Å². The number of methoxy groups -OCH3 is 1. The summed E-state index contributed by atoms with van der Waals surface area (Å²) in [5, 5.41) is 5.25. The van der Waals surface area contributed by atoms with Crippen LogP contribution in [-0.2, 0) is 6.42 Å². The summed E-state index contributed by atoms with van der Waals surface area (Å²) in [6, 6.07) is 11.4. The van der Waals surface area contributed by atoms with Crippen LogP contribution in [0.25, 0.3) is 0 Å². The third-order valence-corrected chi connectivity index (χ3v) is 3.03. The lowest BCUT2D eigenvalue weighted by Crippen LogP contribution is -2.19. The van der Waals surface area contributed by atoms with E-state index in [2.05, 4.69) is 17.6 Å². The lowest BCUT2D eigenvalue weighted by atomic mass is 10.1. The first-order valence-electron chi connectivity index (χ1n) is 6.63. The lowest BCUT2D eigenvalue weighted by Gasteiger charge is -2.09. The summed E-state index contributed by atoms with van der Waals surface area (Å²) in [6.07, 6.45) is 0.942. The van der Waals surface area contributed by atoms with E-state index >= 15 is 0 Å². The number of benzene rings is 2. The van der Waals surface area contributed by atoms with Gasteiger partial charge in [-0.3, -0.25) is 0 Å². The van der Waals surface area contributed by atoms with Crippen molar-refractivity contribution >= 4 is 17.4 Å². The van der Waals surface area contributed by atoms with Gasteiger partial charge < -0.3 is 15.4 Å². The van der Waals surface area contributed by atoms with Gasteiger partial charge in [-0.15, -0.1) is 0 Å². The summed E-state index contributed by atoms with van der Waals surface area (Å²) >= 11 is 0. The fourth-order valence-electron chi connectivity index (χ4n) is 1.86. The van der Waals surface area contributed by atoms with Crippen molar-refractivity contribution in [3.8, 4) is 5.75 Å². The number of anilines is 2. The van der Waals surface area contributed by atoms with E-state index in [1.54, 1.807) is 6.07 Å². The van der Waals surface area contributed by atoms with Crippen LogP contribution in [0.15, 0.2) is 42.5 Å². The Bertz CT molecular complexity index is 627. The first-order chi connectivity index (χ1) is 10.1. The zero-order valence-corrected chi connectivity index (χ0v) is 11.9. The van der Waals surface area contributed by atoms with Gasteiger partial charge in [0.05, 0.1) is 7.11 Å². The second-order valence-corrected chi connectivity index (χ2v) is 4.48. The summed E-state index contributed by atoms with van der Waals surface area (Å²) in [7, 11) is 1.39. The van der Waals surface area contributed by atoms with Crippen molar-refractivity contribution in [2.75, 3.05) is 17.7 Å². The van der Waals surface area contributed by atoms with Crippen molar-refractivity contribution in [3.05, 3.63) is 53.8 Å². The lowest BCUT2D eigenvalue weighted by molar-refractivity contribution is 0.262. The Morgan fingerprint density at radius 2 is 1.71 bits per heavy atom. The Kier molecular flexibility index (Phi) is 4.77.